The van der Waals surface area contributed by atoms with E-state index in [0.717, 1.165) is 11.3 Å². The number of carbonyl (C=O) groups excluding carboxylic acids is 1. The number of nitrogens with one attached hydrogen (secondary N) is 1. The average Bonchev–Trinajstić information content (AvgIpc) is 3.04. The normalized spacial score (nSPS) is 12.2. The Kier molecular flexibility index (Phi) is 5.16. The van der Waals surface area contributed by atoms with Crippen molar-refractivity contribution in [3.05, 3.63) is 53.7 Å². The summed E-state index contributed by atoms with van der Waals surface area (Å²) in [6, 6.07) is 8.87. The van der Waals surface area contributed by atoms with Gasteiger partial charge in [-0.2, -0.15) is 5.10 Å². The molecule has 0 fully saturated rings. The summed E-state index contributed by atoms with van der Waals surface area (Å²) in [4.78, 5) is 25.5. The molecule has 0 bridgehead atoms. The first-order valence-corrected chi connectivity index (χ1v) is 8.71. The fraction of sp³-hybridized carbons (Fsp3) is 0.316. The zero-order valence-corrected chi connectivity index (χ0v) is 15.8. The quantitative estimate of drug-likeness (QED) is 0.717. The minimum Gasteiger partial charge on any atom is -0.368 e. The summed E-state index contributed by atoms with van der Waals surface area (Å²) >= 11 is 0. The van der Waals surface area contributed by atoms with Crippen LogP contribution in [0.3, 0.4) is 0 Å². The Morgan fingerprint density at radius 2 is 2.00 bits per heavy atom. The summed E-state index contributed by atoms with van der Waals surface area (Å²) in [5.74, 6) is 0.900. The highest BCUT2D eigenvalue weighted by Gasteiger charge is 2.23. The van der Waals surface area contributed by atoms with E-state index < -0.39 is 0 Å². The molecule has 1 atom stereocenters. The third kappa shape index (κ3) is 4.11. The second-order valence-corrected chi connectivity index (χ2v) is 6.77. The van der Waals surface area contributed by atoms with E-state index in [-0.39, 0.29) is 23.8 Å². The van der Waals surface area contributed by atoms with Gasteiger partial charge >= 0.3 is 0 Å². The van der Waals surface area contributed by atoms with E-state index in [1.165, 1.54) is 6.33 Å². The number of aromatic nitrogens is 5. The summed E-state index contributed by atoms with van der Waals surface area (Å²) in [5.41, 5.74) is 8.54. The van der Waals surface area contributed by atoms with E-state index in [9.17, 15) is 4.79 Å². The molecule has 0 saturated carbocycles. The maximum Gasteiger partial charge on any atom is 0.251 e. The molecular formula is C19H23N7O. The van der Waals surface area contributed by atoms with Crippen LogP contribution in [0.1, 0.15) is 41.8 Å². The number of amides is 1. The molecule has 8 heteroatoms. The van der Waals surface area contributed by atoms with Gasteiger partial charge in [0.15, 0.2) is 0 Å². The maximum absolute atomic E-state index is 12.9. The zero-order chi connectivity index (χ0) is 19.6. The molecule has 3 N–H and O–H groups in total. The van der Waals surface area contributed by atoms with Crippen LogP contribution in [-0.2, 0) is 7.05 Å². The van der Waals surface area contributed by atoms with Crippen LogP contribution < -0.4 is 11.1 Å². The van der Waals surface area contributed by atoms with Crippen molar-refractivity contribution in [1.82, 2.24) is 30.0 Å². The van der Waals surface area contributed by atoms with Gasteiger partial charge in [0.05, 0.1) is 11.7 Å². The third-order valence-electron chi connectivity index (χ3n) is 4.27. The van der Waals surface area contributed by atoms with Crippen LogP contribution in [-0.4, -0.2) is 30.6 Å². The monoisotopic (exact) mass is 365 g/mol. The standard InChI is InChI=1S/C19H23N7O/c1-11(2)16(17-21-10-22-26(17)4)25-18(27)14-7-5-6-13(9-14)15-8-12(3)23-19(20)24-15/h5-11,16H,1-4H3,(H,25,27)(H2,20,23,24)/t16-/m1/s1. The number of aryl methyl sites for hydroxylation is 2. The van der Waals surface area contributed by atoms with Crippen LogP contribution in [0.15, 0.2) is 36.7 Å². The van der Waals surface area contributed by atoms with Gasteiger partial charge in [-0.3, -0.25) is 9.48 Å². The van der Waals surface area contributed by atoms with Gasteiger partial charge in [0, 0.05) is 23.9 Å². The number of hydrogen-bond donors (Lipinski definition) is 2. The van der Waals surface area contributed by atoms with Gasteiger partial charge in [0.1, 0.15) is 12.2 Å². The lowest BCUT2D eigenvalue weighted by molar-refractivity contribution is 0.0922. The minimum atomic E-state index is -0.245. The van der Waals surface area contributed by atoms with Crippen molar-refractivity contribution in [1.29, 1.82) is 0 Å². The molecule has 2 aromatic heterocycles. The number of anilines is 1. The SMILES string of the molecule is Cc1cc(-c2cccc(C(=O)N[C@@H](c3ncnn3C)C(C)C)c2)nc(N)n1. The lowest BCUT2D eigenvalue weighted by Crippen LogP contribution is -2.33. The van der Waals surface area contributed by atoms with Gasteiger partial charge in [0.2, 0.25) is 5.95 Å². The molecule has 3 rings (SSSR count). The van der Waals surface area contributed by atoms with E-state index >= 15 is 0 Å². The van der Waals surface area contributed by atoms with Gasteiger partial charge in [-0.05, 0) is 31.0 Å². The number of hydrogen-bond acceptors (Lipinski definition) is 6. The van der Waals surface area contributed by atoms with Crippen LogP contribution in [0.4, 0.5) is 5.95 Å². The Hall–Kier alpha value is -3.29. The van der Waals surface area contributed by atoms with Crippen molar-refractivity contribution in [2.45, 2.75) is 26.8 Å². The molecule has 1 amide bonds. The molecular weight excluding hydrogens is 342 g/mol. The van der Waals surface area contributed by atoms with Crippen molar-refractivity contribution in [3.8, 4) is 11.3 Å². The molecule has 0 aliphatic rings. The van der Waals surface area contributed by atoms with Gasteiger partial charge in [-0.15, -0.1) is 0 Å². The van der Waals surface area contributed by atoms with E-state index in [1.807, 2.05) is 46.0 Å². The van der Waals surface area contributed by atoms with E-state index in [1.54, 1.807) is 16.8 Å². The number of nitrogen functional groups attached to an aromatic ring is 1. The zero-order valence-electron chi connectivity index (χ0n) is 15.8. The molecule has 1 aromatic carbocycles. The number of rotatable bonds is 5. The van der Waals surface area contributed by atoms with Crippen molar-refractivity contribution < 1.29 is 4.79 Å². The number of nitrogens with zero attached hydrogens (tertiary/aromatic N) is 5. The molecule has 0 saturated heterocycles. The van der Waals surface area contributed by atoms with Crippen molar-refractivity contribution in [3.63, 3.8) is 0 Å². The minimum absolute atomic E-state index is 0.157. The highest BCUT2D eigenvalue weighted by Crippen LogP contribution is 2.22. The number of benzene rings is 1. The molecule has 2 heterocycles. The van der Waals surface area contributed by atoms with Gasteiger partial charge < -0.3 is 11.1 Å². The maximum atomic E-state index is 12.9. The van der Waals surface area contributed by atoms with Crippen LogP contribution >= 0.6 is 0 Å². The average molecular weight is 365 g/mol. The molecule has 0 aliphatic carbocycles. The second kappa shape index (κ2) is 7.53. The molecule has 3 aromatic rings. The highest BCUT2D eigenvalue weighted by molar-refractivity contribution is 5.95. The summed E-state index contributed by atoms with van der Waals surface area (Å²) in [6.45, 7) is 5.91. The Morgan fingerprint density at radius 1 is 1.22 bits per heavy atom. The summed E-state index contributed by atoms with van der Waals surface area (Å²) < 4.78 is 1.67. The van der Waals surface area contributed by atoms with Crippen molar-refractivity contribution in [2.75, 3.05) is 5.73 Å². The first-order valence-electron chi connectivity index (χ1n) is 8.71. The third-order valence-corrected chi connectivity index (χ3v) is 4.27. The summed E-state index contributed by atoms with van der Waals surface area (Å²) in [6.07, 6.45) is 1.49. The summed E-state index contributed by atoms with van der Waals surface area (Å²) in [7, 11) is 1.81. The fourth-order valence-electron chi connectivity index (χ4n) is 2.90. The Bertz CT molecular complexity index is 944. The lowest BCUT2D eigenvalue weighted by Gasteiger charge is -2.21. The van der Waals surface area contributed by atoms with E-state index in [4.69, 9.17) is 5.73 Å². The molecule has 0 aliphatic heterocycles. The molecule has 0 radical (unpaired) electrons. The molecule has 140 valence electrons. The highest BCUT2D eigenvalue weighted by atomic mass is 16.1. The predicted octanol–water partition coefficient (Wildman–Crippen LogP) is 2.29. The number of carbonyl (C=O) groups is 1. The lowest BCUT2D eigenvalue weighted by atomic mass is 10.0. The predicted molar refractivity (Wildman–Crippen MR) is 103 cm³/mol. The number of nitrogens with two attached hydrogens (primary N) is 1. The van der Waals surface area contributed by atoms with Crippen LogP contribution in [0.2, 0.25) is 0 Å². The van der Waals surface area contributed by atoms with Crippen LogP contribution in [0.5, 0.6) is 0 Å². The first kappa shape index (κ1) is 18.5. The van der Waals surface area contributed by atoms with E-state index in [2.05, 4.69) is 25.4 Å². The summed E-state index contributed by atoms with van der Waals surface area (Å²) in [5, 5.41) is 7.16. The first-order chi connectivity index (χ1) is 12.8. The van der Waals surface area contributed by atoms with E-state index in [0.29, 0.717) is 17.1 Å². The Labute approximate surface area is 157 Å². The smallest absolute Gasteiger partial charge is 0.251 e. The largest absolute Gasteiger partial charge is 0.368 e. The Morgan fingerprint density at radius 3 is 2.63 bits per heavy atom. The molecule has 0 unspecified atom stereocenters. The van der Waals surface area contributed by atoms with Crippen LogP contribution in [0, 0.1) is 12.8 Å². The molecule has 0 spiro atoms. The van der Waals surface area contributed by atoms with Crippen LogP contribution in [0.25, 0.3) is 11.3 Å². The topological polar surface area (TPSA) is 112 Å². The van der Waals surface area contributed by atoms with Gasteiger partial charge in [-0.25, -0.2) is 15.0 Å². The molecule has 27 heavy (non-hydrogen) atoms. The van der Waals surface area contributed by atoms with Crippen molar-refractivity contribution in [2.24, 2.45) is 13.0 Å². The van der Waals surface area contributed by atoms with Crippen molar-refractivity contribution >= 4 is 11.9 Å². The Balaban J connectivity index is 1.88. The fourth-order valence-corrected chi connectivity index (χ4v) is 2.90. The van der Waals surface area contributed by atoms with Gasteiger partial charge in [-0.1, -0.05) is 26.0 Å². The molecule has 8 nitrogen and oxygen atoms in total. The second-order valence-electron chi connectivity index (χ2n) is 6.77. The van der Waals surface area contributed by atoms with Gasteiger partial charge in [0.25, 0.3) is 5.91 Å².